The lowest BCUT2D eigenvalue weighted by molar-refractivity contribution is -0.115. The highest BCUT2D eigenvalue weighted by Crippen LogP contribution is 2.40. The van der Waals surface area contributed by atoms with Crippen LogP contribution in [0.4, 0.5) is 5.69 Å². The van der Waals surface area contributed by atoms with Crippen molar-refractivity contribution in [2.24, 2.45) is 0 Å². The molecule has 0 fully saturated rings. The molecule has 0 aliphatic carbocycles. The molecule has 0 radical (unpaired) electrons. The molecule has 1 aromatic carbocycles. The SMILES string of the molecule is CSC1C(=O)Nc2cccc(C)c21. The average Bonchev–Trinajstić information content (AvgIpc) is 2.42. The number of aryl methyl sites for hydroxylation is 1. The number of hydrogen-bond acceptors (Lipinski definition) is 2. The molecule has 13 heavy (non-hydrogen) atoms. The van der Waals surface area contributed by atoms with E-state index in [2.05, 4.69) is 5.32 Å². The maximum Gasteiger partial charge on any atom is 0.242 e. The van der Waals surface area contributed by atoms with E-state index in [1.165, 1.54) is 5.56 Å². The Labute approximate surface area is 81.7 Å². The molecular weight excluding hydrogens is 182 g/mol. The predicted molar refractivity (Wildman–Crippen MR) is 56.1 cm³/mol. The van der Waals surface area contributed by atoms with Gasteiger partial charge in [-0.2, -0.15) is 0 Å². The molecule has 1 aliphatic rings. The Morgan fingerprint density at radius 2 is 2.23 bits per heavy atom. The standard InChI is InChI=1S/C10H11NOS/c1-6-4-3-5-7-8(6)9(13-2)10(12)11-7/h3-5,9H,1-2H3,(H,11,12). The number of thioether (sulfide) groups is 1. The van der Waals surface area contributed by atoms with Gasteiger partial charge in [-0.1, -0.05) is 12.1 Å². The van der Waals surface area contributed by atoms with Gasteiger partial charge in [0.25, 0.3) is 0 Å². The lowest BCUT2D eigenvalue weighted by Gasteiger charge is -2.06. The first kappa shape index (κ1) is 8.63. The monoisotopic (exact) mass is 193 g/mol. The van der Waals surface area contributed by atoms with Crippen molar-refractivity contribution in [3.8, 4) is 0 Å². The zero-order valence-corrected chi connectivity index (χ0v) is 8.44. The Morgan fingerprint density at radius 3 is 2.92 bits per heavy atom. The van der Waals surface area contributed by atoms with E-state index in [1.807, 2.05) is 31.4 Å². The lowest BCUT2D eigenvalue weighted by atomic mass is 10.1. The zero-order valence-electron chi connectivity index (χ0n) is 7.63. The third kappa shape index (κ3) is 1.23. The van der Waals surface area contributed by atoms with Crippen molar-refractivity contribution in [3.05, 3.63) is 29.3 Å². The predicted octanol–water partition coefficient (Wildman–Crippen LogP) is 2.35. The number of hydrogen-bond donors (Lipinski definition) is 1. The first-order chi connectivity index (χ1) is 6.24. The van der Waals surface area contributed by atoms with Gasteiger partial charge in [0.05, 0.1) is 0 Å². The number of carbonyl (C=O) groups excluding carboxylic acids is 1. The third-order valence-corrected chi connectivity index (χ3v) is 3.24. The second-order valence-electron chi connectivity index (χ2n) is 3.14. The molecule has 0 saturated carbocycles. The minimum Gasteiger partial charge on any atom is -0.325 e. The average molecular weight is 193 g/mol. The van der Waals surface area contributed by atoms with E-state index in [1.54, 1.807) is 11.8 Å². The molecule has 3 heteroatoms. The maximum absolute atomic E-state index is 11.5. The van der Waals surface area contributed by atoms with Crippen molar-refractivity contribution < 1.29 is 4.79 Å². The van der Waals surface area contributed by atoms with Crippen molar-refractivity contribution in [3.63, 3.8) is 0 Å². The number of benzene rings is 1. The van der Waals surface area contributed by atoms with Crippen molar-refractivity contribution in [2.75, 3.05) is 11.6 Å². The molecule has 2 nitrogen and oxygen atoms in total. The summed E-state index contributed by atoms with van der Waals surface area (Å²) in [5, 5.41) is 2.86. The Bertz CT molecular complexity index is 362. The number of anilines is 1. The fraction of sp³-hybridized carbons (Fsp3) is 0.300. The summed E-state index contributed by atoms with van der Waals surface area (Å²) in [7, 11) is 0. The summed E-state index contributed by atoms with van der Waals surface area (Å²) in [6, 6.07) is 5.97. The molecule has 2 rings (SSSR count). The molecule has 1 N–H and O–H groups in total. The summed E-state index contributed by atoms with van der Waals surface area (Å²) < 4.78 is 0. The van der Waals surface area contributed by atoms with Crippen molar-refractivity contribution in [1.29, 1.82) is 0 Å². The van der Waals surface area contributed by atoms with Crippen LogP contribution in [-0.2, 0) is 4.79 Å². The molecule has 0 saturated heterocycles. The van der Waals surface area contributed by atoms with Gasteiger partial charge >= 0.3 is 0 Å². The minimum atomic E-state index is -0.0174. The van der Waals surface area contributed by atoms with Crippen LogP contribution in [0.5, 0.6) is 0 Å². The summed E-state index contributed by atoms with van der Waals surface area (Å²) in [5.41, 5.74) is 3.32. The second-order valence-corrected chi connectivity index (χ2v) is 4.08. The first-order valence-corrected chi connectivity index (χ1v) is 5.46. The van der Waals surface area contributed by atoms with Crippen LogP contribution in [-0.4, -0.2) is 12.2 Å². The van der Waals surface area contributed by atoms with Gasteiger partial charge < -0.3 is 5.32 Å². The maximum atomic E-state index is 11.5. The van der Waals surface area contributed by atoms with Gasteiger partial charge in [-0.15, -0.1) is 11.8 Å². The molecule has 1 aliphatic heterocycles. The fourth-order valence-corrected chi connectivity index (χ4v) is 2.51. The second kappa shape index (κ2) is 3.07. The van der Waals surface area contributed by atoms with E-state index in [9.17, 15) is 4.79 Å². The molecule has 0 spiro atoms. The Hall–Kier alpha value is -0.960. The highest BCUT2D eigenvalue weighted by atomic mass is 32.2. The third-order valence-electron chi connectivity index (χ3n) is 2.32. The van der Waals surface area contributed by atoms with Crippen LogP contribution in [0.3, 0.4) is 0 Å². The van der Waals surface area contributed by atoms with Gasteiger partial charge in [-0.05, 0) is 24.8 Å². The van der Waals surface area contributed by atoms with Crippen molar-refractivity contribution in [1.82, 2.24) is 0 Å². The van der Waals surface area contributed by atoms with E-state index in [0.29, 0.717) is 0 Å². The van der Waals surface area contributed by atoms with Crippen molar-refractivity contribution >= 4 is 23.4 Å². The molecule has 1 unspecified atom stereocenters. The number of amides is 1. The van der Waals surface area contributed by atoms with Crippen LogP contribution in [0.1, 0.15) is 16.4 Å². The first-order valence-electron chi connectivity index (χ1n) is 4.17. The molecule has 68 valence electrons. The number of carbonyl (C=O) groups is 1. The summed E-state index contributed by atoms with van der Waals surface area (Å²) in [5.74, 6) is 0.108. The van der Waals surface area contributed by atoms with Gasteiger partial charge in [0.2, 0.25) is 5.91 Å². The van der Waals surface area contributed by atoms with Gasteiger partial charge in [0, 0.05) is 11.3 Å². The van der Waals surface area contributed by atoms with Crippen LogP contribution >= 0.6 is 11.8 Å². The van der Waals surface area contributed by atoms with Gasteiger partial charge in [-0.25, -0.2) is 0 Å². The Kier molecular flexibility index (Phi) is 2.04. The molecule has 1 aromatic rings. The normalized spacial score (nSPS) is 19.8. The van der Waals surface area contributed by atoms with Crippen LogP contribution in [0, 0.1) is 6.92 Å². The summed E-state index contributed by atoms with van der Waals surface area (Å²) >= 11 is 1.59. The summed E-state index contributed by atoms with van der Waals surface area (Å²) in [4.78, 5) is 11.5. The zero-order chi connectivity index (χ0) is 9.42. The van der Waals surface area contributed by atoms with Gasteiger partial charge in [-0.3, -0.25) is 4.79 Å². The Morgan fingerprint density at radius 1 is 1.46 bits per heavy atom. The van der Waals surface area contributed by atoms with Crippen LogP contribution in [0.2, 0.25) is 0 Å². The number of rotatable bonds is 1. The van der Waals surface area contributed by atoms with E-state index in [-0.39, 0.29) is 11.2 Å². The molecular formula is C10H11NOS. The van der Waals surface area contributed by atoms with Crippen LogP contribution in [0.25, 0.3) is 0 Å². The van der Waals surface area contributed by atoms with Crippen LogP contribution < -0.4 is 5.32 Å². The molecule has 1 amide bonds. The van der Waals surface area contributed by atoms with E-state index >= 15 is 0 Å². The largest absolute Gasteiger partial charge is 0.325 e. The van der Waals surface area contributed by atoms with Gasteiger partial charge in [0.1, 0.15) is 5.25 Å². The number of nitrogens with one attached hydrogen (secondary N) is 1. The van der Waals surface area contributed by atoms with Gasteiger partial charge in [0.15, 0.2) is 0 Å². The smallest absolute Gasteiger partial charge is 0.242 e. The molecule has 0 aromatic heterocycles. The molecule has 1 atom stereocenters. The highest BCUT2D eigenvalue weighted by Gasteiger charge is 2.30. The topological polar surface area (TPSA) is 29.1 Å². The van der Waals surface area contributed by atoms with E-state index in [4.69, 9.17) is 0 Å². The lowest BCUT2D eigenvalue weighted by Crippen LogP contribution is -2.08. The highest BCUT2D eigenvalue weighted by molar-refractivity contribution is 7.99. The summed E-state index contributed by atoms with van der Waals surface area (Å²) in [6.45, 7) is 2.04. The molecule has 0 bridgehead atoms. The number of fused-ring (bicyclic) bond motifs is 1. The molecule has 1 heterocycles. The van der Waals surface area contributed by atoms with E-state index in [0.717, 1.165) is 11.3 Å². The van der Waals surface area contributed by atoms with Crippen molar-refractivity contribution in [2.45, 2.75) is 12.2 Å². The minimum absolute atomic E-state index is 0.0174. The summed E-state index contributed by atoms with van der Waals surface area (Å²) in [6.07, 6.45) is 1.96. The quantitative estimate of drug-likeness (QED) is 0.741. The fourth-order valence-electron chi connectivity index (χ4n) is 1.69. The van der Waals surface area contributed by atoms with Crippen LogP contribution in [0.15, 0.2) is 18.2 Å². The Balaban J connectivity index is 2.55. The van der Waals surface area contributed by atoms with E-state index < -0.39 is 0 Å².